The quantitative estimate of drug-likeness (QED) is 0.329. The summed E-state index contributed by atoms with van der Waals surface area (Å²) in [5.74, 6) is 0. The van der Waals surface area contributed by atoms with Crippen LogP contribution in [-0.2, 0) is 15.9 Å². The summed E-state index contributed by atoms with van der Waals surface area (Å²) in [5, 5.41) is 0.707. The zero-order valence-corrected chi connectivity index (χ0v) is 20.3. The van der Waals surface area contributed by atoms with Crippen LogP contribution in [0, 0.1) is 0 Å². The third-order valence-electron chi connectivity index (χ3n) is 6.08. The molecule has 0 N–H and O–H groups in total. The minimum absolute atomic E-state index is 0.0137. The van der Waals surface area contributed by atoms with Gasteiger partial charge in [-0.05, 0) is 0 Å². The molecule has 0 saturated heterocycles. The molecule has 3 aromatic carbocycles. The van der Waals surface area contributed by atoms with E-state index in [2.05, 4.69) is 76.5 Å². The molecule has 2 aliphatic rings. The van der Waals surface area contributed by atoms with Crippen LogP contribution < -0.4 is 0 Å². The standard InChI is InChI=1S/C13H9.C7H5Cl.C5H5.2ClH.Zr/c1-3-7-12-10(5-1)9-11-6-2-4-8-13(11)12;1-6-2-4-7(8)5-3-6;1-2-4-5-3-1;;;/h1-9H;1-5H;1-5H;2*1H;/q;;;;;+2/p-2. The fourth-order valence-corrected chi connectivity index (χ4v) is 21.3. The van der Waals surface area contributed by atoms with Crippen LogP contribution in [0.15, 0.2) is 97.1 Å². The van der Waals surface area contributed by atoms with Gasteiger partial charge in [-0.3, -0.25) is 0 Å². The predicted molar refractivity (Wildman–Crippen MR) is 124 cm³/mol. The van der Waals surface area contributed by atoms with E-state index in [9.17, 15) is 0 Å². The van der Waals surface area contributed by atoms with E-state index in [1.54, 1.807) is 0 Å². The maximum atomic E-state index is 7.82. The van der Waals surface area contributed by atoms with Crippen molar-refractivity contribution in [3.05, 3.63) is 119 Å². The van der Waals surface area contributed by atoms with Gasteiger partial charge in [0.1, 0.15) is 0 Å². The van der Waals surface area contributed by atoms with E-state index in [0.29, 0.717) is 5.02 Å². The zero-order chi connectivity index (χ0) is 20.1. The Bertz CT molecular complexity index is 1170. The van der Waals surface area contributed by atoms with Crippen LogP contribution in [0.2, 0.25) is 8.65 Å². The van der Waals surface area contributed by atoms with Crippen LogP contribution in [0.1, 0.15) is 20.3 Å². The van der Waals surface area contributed by atoms with E-state index in [4.69, 9.17) is 28.6 Å². The molecule has 0 amide bonds. The SMILES string of the molecule is Clc1ccc([CH]=[Zr]([Cl])([Cl])([CH]2C=CC=C2)[CH]2c3ccccc3-c3ccccc32)cc1. The normalized spacial score (nSPS) is 16.1. The van der Waals surface area contributed by atoms with Gasteiger partial charge >= 0.3 is 185 Å². The van der Waals surface area contributed by atoms with Gasteiger partial charge in [0.2, 0.25) is 0 Å². The molecule has 144 valence electrons. The topological polar surface area (TPSA) is 0 Å². The molecule has 0 spiro atoms. The van der Waals surface area contributed by atoms with Crippen molar-refractivity contribution >= 4 is 32.3 Å². The van der Waals surface area contributed by atoms with Crippen LogP contribution in [0.25, 0.3) is 11.1 Å². The first-order valence-electron chi connectivity index (χ1n) is 9.69. The maximum absolute atomic E-state index is 7.82. The van der Waals surface area contributed by atoms with E-state index >= 15 is 0 Å². The first-order chi connectivity index (χ1) is 14.0. The predicted octanol–water partition coefficient (Wildman–Crippen LogP) is 8.17. The van der Waals surface area contributed by atoms with Crippen molar-refractivity contribution in [3.63, 3.8) is 0 Å². The average molecular weight is 517 g/mol. The van der Waals surface area contributed by atoms with Gasteiger partial charge in [0.05, 0.1) is 0 Å². The Balaban J connectivity index is 1.85. The molecule has 0 fully saturated rings. The molecule has 2 aliphatic carbocycles. The Morgan fingerprint density at radius 3 is 1.76 bits per heavy atom. The van der Waals surface area contributed by atoms with Crippen LogP contribution >= 0.6 is 28.6 Å². The first kappa shape index (κ1) is 19.7. The first-order valence-corrected chi connectivity index (χ1v) is 20.7. The summed E-state index contributed by atoms with van der Waals surface area (Å²) in [7, 11) is 15.6. The third kappa shape index (κ3) is 3.19. The van der Waals surface area contributed by atoms with Crippen molar-refractivity contribution in [2.45, 2.75) is 7.25 Å². The molecule has 0 radical (unpaired) electrons. The molecule has 0 bridgehead atoms. The Morgan fingerprint density at radius 2 is 1.21 bits per heavy atom. The molecular weight excluding hydrogens is 498 g/mol. The summed E-state index contributed by atoms with van der Waals surface area (Å²) < 4.78 is 2.22. The van der Waals surface area contributed by atoms with Gasteiger partial charge in [-0.25, -0.2) is 0 Å². The molecule has 0 aliphatic heterocycles. The van der Waals surface area contributed by atoms with Crippen LogP contribution in [0.5, 0.6) is 0 Å². The second-order valence-corrected chi connectivity index (χ2v) is 29.2. The van der Waals surface area contributed by atoms with Gasteiger partial charge in [0.15, 0.2) is 0 Å². The van der Waals surface area contributed by atoms with Crippen LogP contribution in [0.3, 0.4) is 0 Å². The van der Waals surface area contributed by atoms with Crippen molar-refractivity contribution in [3.8, 4) is 11.1 Å². The molecule has 0 aromatic heterocycles. The molecule has 4 heteroatoms. The van der Waals surface area contributed by atoms with Crippen LogP contribution in [-0.4, -0.2) is 3.71 Å². The van der Waals surface area contributed by atoms with E-state index in [0.717, 1.165) is 5.56 Å². The Morgan fingerprint density at radius 1 is 0.690 bits per heavy atom. The van der Waals surface area contributed by atoms with Crippen molar-refractivity contribution in [2.75, 3.05) is 0 Å². The van der Waals surface area contributed by atoms with E-state index < -0.39 is 15.9 Å². The van der Waals surface area contributed by atoms with Crippen LogP contribution in [0.4, 0.5) is 0 Å². The number of halogens is 3. The molecule has 29 heavy (non-hydrogen) atoms. The molecule has 0 heterocycles. The second kappa shape index (κ2) is 7.17. The summed E-state index contributed by atoms with van der Waals surface area (Å²) in [6.07, 6.45) is 8.46. The molecule has 0 saturated carbocycles. The van der Waals surface area contributed by atoms with Crippen molar-refractivity contribution < 1.29 is 15.9 Å². The van der Waals surface area contributed by atoms with E-state index in [1.165, 1.54) is 22.3 Å². The zero-order valence-electron chi connectivity index (χ0n) is 15.6. The van der Waals surface area contributed by atoms with Crippen molar-refractivity contribution in [2.24, 2.45) is 0 Å². The monoisotopic (exact) mass is 514 g/mol. The summed E-state index contributed by atoms with van der Waals surface area (Å²) in [6, 6.07) is 24.9. The molecular formula is C25H19Cl3Zr. The van der Waals surface area contributed by atoms with Gasteiger partial charge < -0.3 is 0 Å². The summed E-state index contributed by atoms with van der Waals surface area (Å²) in [5.41, 5.74) is 5.99. The average Bonchev–Trinajstić information content (AvgIpc) is 3.37. The summed E-state index contributed by atoms with van der Waals surface area (Å²) in [4.78, 5) is 0. The number of hydrogen-bond acceptors (Lipinski definition) is 0. The fourth-order valence-electron chi connectivity index (χ4n) is 4.80. The Labute approximate surface area is 184 Å². The van der Waals surface area contributed by atoms with Crippen molar-refractivity contribution in [1.29, 1.82) is 0 Å². The molecule has 0 nitrogen and oxygen atoms in total. The van der Waals surface area contributed by atoms with Gasteiger partial charge in [-0.2, -0.15) is 0 Å². The number of hydrogen-bond donors (Lipinski definition) is 0. The van der Waals surface area contributed by atoms with Gasteiger partial charge in [0, 0.05) is 0 Å². The molecule has 3 aromatic rings. The second-order valence-electron chi connectivity index (χ2n) is 7.83. The van der Waals surface area contributed by atoms with Crippen molar-refractivity contribution in [1.82, 2.24) is 0 Å². The third-order valence-corrected chi connectivity index (χ3v) is 23.7. The van der Waals surface area contributed by atoms with E-state index in [1.807, 2.05) is 24.3 Å². The molecule has 0 unspecified atom stereocenters. The Kier molecular flexibility index (Phi) is 4.88. The summed E-state index contributed by atoms with van der Waals surface area (Å²) >= 11 is 1.42. The number of fused-ring (bicyclic) bond motifs is 3. The van der Waals surface area contributed by atoms with Gasteiger partial charge in [0.25, 0.3) is 0 Å². The fraction of sp³-hybridized carbons (Fsp3) is 0.0800. The summed E-state index contributed by atoms with van der Waals surface area (Å²) in [6.45, 7) is 0. The molecule has 5 rings (SSSR count). The number of rotatable bonds is 3. The number of allylic oxidation sites excluding steroid dienone is 4. The van der Waals surface area contributed by atoms with Gasteiger partial charge in [-0.1, -0.05) is 0 Å². The Hall–Kier alpha value is -1.24. The minimum atomic E-state index is -4.70. The molecule has 0 atom stereocenters. The number of benzene rings is 3. The van der Waals surface area contributed by atoms with Gasteiger partial charge in [-0.15, -0.1) is 0 Å². The van der Waals surface area contributed by atoms with E-state index in [-0.39, 0.29) is 7.25 Å².